The van der Waals surface area contributed by atoms with Gasteiger partial charge in [-0.1, -0.05) is 15.9 Å². The van der Waals surface area contributed by atoms with Crippen LogP contribution in [0.1, 0.15) is 12.8 Å². The zero-order valence-electron chi connectivity index (χ0n) is 9.51. The van der Waals surface area contributed by atoms with Crippen molar-refractivity contribution >= 4 is 27.5 Å². The number of carbonyl (C=O) groups is 1. The van der Waals surface area contributed by atoms with Crippen LogP contribution in [0.4, 0.5) is 14.5 Å². The Labute approximate surface area is 112 Å². The first-order valence-corrected chi connectivity index (χ1v) is 6.40. The summed E-state index contributed by atoms with van der Waals surface area (Å²) in [6.07, 6.45) is 1.15. The van der Waals surface area contributed by atoms with Crippen LogP contribution in [0.15, 0.2) is 16.6 Å². The predicted octanol–water partition coefficient (Wildman–Crippen LogP) is 3.09. The summed E-state index contributed by atoms with van der Waals surface area (Å²) in [6, 6.07) is 2.23. The van der Waals surface area contributed by atoms with Crippen LogP contribution in [0.25, 0.3) is 0 Å². The van der Waals surface area contributed by atoms with Crippen molar-refractivity contribution in [3.8, 4) is 0 Å². The summed E-state index contributed by atoms with van der Waals surface area (Å²) in [5.41, 5.74) is -0.394. The number of benzene rings is 1. The fourth-order valence-corrected chi connectivity index (χ4v) is 2.25. The Kier molecular flexibility index (Phi) is 4.29. The highest BCUT2D eigenvalue weighted by atomic mass is 79.9. The summed E-state index contributed by atoms with van der Waals surface area (Å²) in [7, 11) is 0. The normalized spacial score (nSPS) is 16.6. The fourth-order valence-electron chi connectivity index (χ4n) is 1.85. The molecule has 1 saturated heterocycles. The molecule has 1 aliphatic heterocycles. The molecule has 2 rings (SSSR count). The van der Waals surface area contributed by atoms with Gasteiger partial charge >= 0.3 is 0 Å². The van der Waals surface area contributed by atoms with Crippen molar-refractivity contribution in [3.63, 3.8) is 0 Å². The van der Waals surface area contributed by atoms with Gasteiger partial charge in [0.15, 0.2) is 11.6 Å². The van der Waals surface area contributed by atoms with Crippen LogP contribution in [-0.2, 0) is 9.53 Å². The van der Waals surface area contributed by atoms with Crippen molar-refractivity contribution in [1.82, 2.24) is 0 Å². The molecule has 98 valence electrons. The van der Waals surface area contributed by atoms with Crippen molar-refractivity contribution < 1.29 is 18.3 Å². The molecule has 0 aromatic heterocycles. The molecule has 0 atom stereocenters. The van der Waals surface area contributed by atoms with Crippen LogP contribution in [0.3, 0.4) is 0 Å². The SMILES string of the molecule is O=C(Nc1c(F)cc(Br)cc1F)C1CCOCC1. The highest BCUT2D eigenvalue weighted by molar-refractivity contribution is 9.10. The molecule has 0 spiro atoms. The van der Waals surface area contributed by atoms with Gasteiger partial charge in [0.2, 0.25) is 5.91 Å². The van der Waals surface area contributed by atoms with E-state index in [1.807, 2.05) is 0 Å². The number of anilines is 1. The third-order valence-electron chi connectivity index (χ3n) is 2.85. The minimum absolute atomic E-state index is 0.249. The number of rotatable bonds is 2. The Balaban J connectivity index is 2.11. The molecular weight excluding hydrogens is 308 g/mol. The van der Waals surface area contributed by atoms with Crippen molar-refractivity contribution in [2.45, 2.75) is 12.8 Å². The number of amides is 1. The fraction of sp³-hybridized carbons (Fsp3) is 0.417. The maximum absolute atomic E-state index is 13.5. The van der Waals surface area contributed by atoms with Gasteiger partial charge in [0.05, 0.1) is 0 Å². The molecule has 0 aliphatic carbocycles. The number of nitrogens with one attached hydrogen (secondary N) is 1. The van der Waals surface area contributed by atoms with Crippen LogP contribution in [0.5, 0.6) is 0 Å². The van der Waals surface area contributed by atoms with Gasteiger partial charge in [-0.15, -0.1) is 0 Å². The average Bonchev–Trinajstić information content (AvgIpc) is 2.34. The molecule has 1 amide bonds. The minimum Gasteiger partial charge on any atom is -0.381 e. The van der Waals surface area contributed by atoms with E-state index in [1.54, 1.807) is 0 Å². The summed E-state index contributed by atoms with van der Waals surface area (Å²) in [4.78, 5) is 11.8. The van der Waals surface area contributed by atoms with E-state index in [1.165, 1.54) is 0 Å². The van der Waals surface area contributed by atoms with Gasteiger partial charge in [0, 0.05) is 23.6 Å². The molecule has 1 fully saturated rings. The molecule has 1 aromatic rings. The number of ether oxygens (including phenoxy) is 1. The monoisotopic (exact) mass is 319 g/mol. The molecule has 18 heavy (non-hydrogen) atoms. The third-order valence-corrected chi connectivity index (χ3v) is 3.31. The molecule has 1 aromatic carbocycles. The maximum atomic E-state index is 13.5. The Morgan fingerprint density at radius 2 is 1.83 bits per heavy atom. The Bertz CT molecular complexity index is 438. The number of hydrogen-bond donors (Lipinski definition) is 1. The topological polar surface area (TPSA) is 38.3 Å². The van der Waals surface area contributed by atoms with E-state index in [0.29, 0.717) is 30.5 Å². The smallest absolute Gasteiger partial charge is 0.227 e. The third kappa shape index (κ3) is 3.05. The van der Waals surface area contributed by atoms with Crippen molar-refractivity contribution in [3.05, 3.63) is 28.2 Å². The highest BCUT2D eigenvalue weighted by Crippen LogP contribution is 2.25. The zero-order valence-corrected chi connectivity index (χ0v) is 11.1. The van der Waals surface area contributed by atoms with Crippen molar-refractivity contribution in [1.29, 1.82) is 0 Å². The molecule has 1 heterocycles. The minimum atomic E-state index is -0.790. The van der Waals surface area contributed by atoms with E-state index in [4.69, 9.17) is 4.74 Å². The van der Waals surface area contributed by atoms with Crippen LogP contribution in [-0.4, -0.2) is 19.1 Å². The Hall–Kier alpha value is -1.01. The average molecular weight is 320 g/mol. The number of hydrogen-bond acceptors (Lipinski definition) is 2. The quantitative estimate of drug-likeness (QED) is 0.909. The molecular formula is C12H12BrF2NO2. The van der Waals surface area contributed by atoms with Crippen LogP contribution < -0.4 is 5.32 Å². The lowest BCUT2D eigenvalue weighted by Crippen LogP contribution is -2.29. The van der Waals surface area contributed by atoms with Gasteiger partial charge in [0.25, 0.3) is 0 Å². The predicted molar refractivity (Wildman–Crippen MR) is 66.2 cm³/mol. The molecule has 3 nitrogen and oxygen atoms in total. The van der Waals surface area contributed by atoms with E-state index in [2.05, 4.69) is 21.2 Å². The van der Waals surface area contributed by atoms with Gasteiger partial charge in [-0.05, 0) is 25.0 Å². The molecule has 0 unspecified atom stereocenters. The summed E-state index contributed by atoms with van der Waals surface area (Å²) < 4.78 is 32.5. The zero-order chi connectivity index (χ0) is 13.1. The van der Waals surface area contributed by atoms with Crippen molar-refractivity contribution in [2.24, 2.45) is 5.92 Å². The molecule has 0 saturated carbocycles. The van der Waals surface area contributed by atoms with Gasteiger partial charge in [-0.2, -0.15) is 0 Å². The Morgan fingerprint density at radius 3 is 2.39 bits per heavy atom. The van der Waals surface area contributed by atoms with E-state index >= 15 is 0 Å². The summed E-state index contributed by atoms with van der Waals surface area (Å²) in [5, 5.41) is 2.31. The molecule has 1 aliphatic rings. The Morgan fingerprint density at radius 1 is 1.28 bits per heavy atom. The molecule has 0 radical (unpaired) electrons. The largest absolute Gasteiger partial charge is 0.381 e. The lowest BCUT2D eigenvalue weighted by molar-refractivity contribution is -0.122. The van der Waals surface area contributed by atoms with Crippen LogP contribution >= 0.6 is 15.9 Å². The lowest BCUT2D eigenvalue weighted by Gasteiger charge is -2.21. The van der Waals surface area contributed by atoms with E-state index in [9.17, 15) is 13.6 Å². The summed E-state index contributed by atoms with van der Waals surface area (Å²) in [6.45, 7) is 1.01. The first kappa shape index (κ1) is 13.4. The number of halogens is 3. The summed E-state index contributed by atoms with van der Waals surface area (Å²) in [5.74, 6) is -2.19. The number of carbonyl (C=O) groups excluding carboxylic acids is 1. The van der Waals surface area contributed by atoms with Crippen molar-refractivity contribution in [2.75, 3.05) is 18.5 Å². The van der Waals surface area contributed by atoms with Crippen LogP contribution in [0.2, 0.25) is 0 Å². The van der Waals surface area contributed by atoms with E-state index < -0.39 is 17.3 Å². The second-order valence-electron chi connectivity index (χ2n) is 4.12. The van der Waals surface area contributed by atoms with E-state index in [0.717, 1.165) is 12.1 Å². The van der Waals surface area contributed by atoms with Gasteiger partial charge in [-0.3, -0.25) is 4.79 Å². The molecule has 1 N–H and O–H groups in total. The van der Waals surface area contributed by atoms with E-state index in [-0.39, 0.29) is 11.8 Å². The first-order valence-electron chi connectivity index (χ1n) is 5.61. The van der Waals surface area contributed by atoms with Crippen LogP contribution in [0, 0.1) is 17.6 Å². The molecule has 6 heteroatoms. The van der Waals surface area contributed by atoms with Gasteiger partial charge in [-0.25, -0.2) is 8.78 Å². The summed E-state index contributed by atoms with van der Waals surface area (Å²) >= 11 is 2.98. The molecule has 0 bridgehead atoms. The van der Waals surface area contributed by atoms with Gasteiger partial charge < -0.3 is 10.1 Å². The second-order valence-corrected chi connectivity index (χ2v) is 5.04. The maximum Gasteiger partial charge on any atom is 0.227 e. The highest BCUT2D eigenvalue weighted by Gasteiger charge is 2.23. The lowest BCUT2D eigenvalue weighted by atomic mass is 9.99. The first-order chi connectivity index (χ1) is 8.58. The van der Waals surface area contributed by atoms with Gasteiger partial charge in [0.1, 0.15) is 5.69 Å². The second kappa shape index (κ2) is 5.75. The standard InChI is InChI=1S/C12H12BrF2NO2/c13-8-5-9(14)11(10(15)6-8)16-12(17)7-1-3-18-4-2-7/h5-7H,1-4H2,(H,16,17).